The quantitative estimate of drug-likeness (QED) is 0.708. The molecule has 0 unspecified atom stereocenters. The van der Waals surface area contributed by atoms with Crippen molar-refractivity contribution in [2.45, 2.75) is 26.4 Å². The Bertz CT molecular complexity index is 262. The van der Waals surface area contributed by atoms with Crippen LogP contribution in [0.25, 0.3) is 0 Å². The lowest BCUT2D eigenvalue weighted by atomic mass is 10.3. The Labute approximate surface area is 81.0 Å². The van der Waals surface area contributed by atoms with Crippen LogP contribution in [-0.2, 0) is 0 Å². The first-order valence-electron chi connectivity index (χ1n) is 4.16. The lowest BCUT2D eigenvalue weighted by molar-refractivity contribution is -0.0577. The maximum Gasteiger partial charge on any atom is 0.433 e. The first-order chi connectivity index (χ1) is 6.41. The van der Waals surface area contributed by atoms with Crippen molar-refractivity contribution in [3.63, 3.8) is 0 Å². The number of hydrogen-bond acceptors (Lipinski definition) is 2. The standard InChI is InChI=1S/C9H13F3N2/c1-3-5-7(9(10,11)12)14-8(13)6-4-2/h3,5-6H,4,13H2,1-2H3/b5-3-,8-6+,14-7+. The molecule has 14 heavy (non-hydrogen) atoms. The van der Waals surface area contributed by atoms with Crippen LogP contribution in [0.5, 0.6) is 0 Å². The molecule has 2 nitrogen and oxygen atoms in total. The van der Waals surface area contributed by atoms with Crippen molar-refractivity contribution >= 4 is 5.71 Å². The van der Waals surface area contributed by atoms with E-state index in [-0.39, 0.29) is 5.82 Å². The number of aliphatic imine (C=N–C) groups is 1. The van der Waals surface area contributed by atoms with E-state index in [0.29, 0.717) is 6.42 Å². The van der Waals surface area contributed by atoms with Crippen LogP contribution in [0, 0.1) is 0 Å². The molecule has 0 aliphatic carbocycles. The van der Waals surface area contributed by atoms with Crippen LogP contribution in [-0.4, -0.2) is 11.9 Å². The summed E-state index contributed by atoms with van der Waals surface area (Å²) in [6.07, 6.45) is -0.327. The zero-order valence-corrected chi connectivity index (χ0v) is 8.10. The minimum Gasteiger partial charge on any atom is -0.384 e. The zero-order chi connectivity index (χ0) is 11.2. The molecule has 0 aliphatic rings. The highest BCUT2D eigenvalue weighted by Crippen LogP contribution is 2.19. The second kappa shape index (κ2) is 5.47. The van der Waals surface area contributed by atoms with Crippen molar-refractivity contribution in [1.29, 1.82) is 0 Å². The molecule has 0 spiro atoms. The summed E-state index contributed by atoms with van der Waals surface area (Å²) >= 11 is 0. The van der Waals surface area contributed by atoms with Gasteiger partial charge in [0, 0.05) is 0 Å². The van der Waals surface area contributed by atoms with Gasteiger partial charge in [-0.05, 0) is 25.5 Å². The van der Waals surface area contributed by atoms with E-state index < -0.39 is 11.9 Å². The Kier molecular flexibility index (Phi) is 4.97. The van der Waals surface area contributed by atoms with Crippen molar-refractivity contribution in [1.82, 2.24) is 0 Å². The molecule has 0 aromatic rings. The van der Waals surface area contributed by atoms with Gasteiger partial charge in [-0.15, -0.1) is 0 Å². The van der Waals surface area contributed by atoms with Crippen molar-refractivity contribution < 1.29 is 13.2 Å². The summed E-state index contributed by atoms with van der Waals surface area (Å²) in [4.78, 5) is 3.27. The fourth-order valence-corrected chi connectivity index (χ4v) is 0.747. The van der Waals surface area contributed by atoms with Gasteiger partial charge < -0.3 is 5.73 Å². The van der Waals surface area contributed by atoms with Crippen molar-refractivity contribution in [3.8, 4) is 0 Å². The summed E-state index contributed by atoms with van der Waals surface area (Å²) in [6, 6.07) is 0. The number of nitrogens with two attached hydrogens (primary N) is 1. The molecule has 2 N–H and O–H groups in total. The van der Waals surface area contributed by atoms with Gasteiger partial charge in [0.15, 0.2) is 0 Å². The molecule has 0 bridgehead atoms. The minimum atomic E-state index is -4.46. The third-order valence-electron chi connectivity index (χ3n) is 1.28. The minimum absolute atomic E-state index is 0.113. The summed E-state index contributed by atoms with van der Waals surface area (Å²) in [5, 5.41) is 0. The summed E-state index contributed by atoms with van der Waals surface area (Å²) in [7, 11) is 0. The van der Waals surface area contributed by atoms with Gasteiger partial charge in [-0.2, -0.15) is 13.2 Å². The first-order valence-corrected chi connectivity index (χ1v) is 4.16. The van der Waals surface area contributed by atoms with E-state index in [4.69, 9.17) is 5.73 Å². The van der Waals surface area contributed by atoms with Gasteiger partial charge in [-0.1, -0.05) is 13.0 Å². The largest absolute Gasteiger partial charge is 0.433 e. The van der Waals surface area contributed by atoms with Crippen LogP contribution in [0.3, 0.4) is 0 Å². The average molecular weight is 206 g/mol. The number of hydrogen-bond donors (Lipinski definition) is 1. The van der Waals surface area contributed by atoms with E-state index in [1.165, 1.54) is 19.1 Å². The zero-order valence-electron chi connectivity index (χ0n) is 8.10. The molecule has 0 radical (unpaired) electrons. The normalized spacial score (nSPS) is 15.2. The van der Waals surface area contributed by atoms with Crippen LogP contribution in [0.4, 0.5) is 13.2 Å². The molecule has 0 aromatic heterocycles. The average Bonchev–Trinajstić information content (AvgIpc) is 2.02. The maximum absolute atomic E-state index is 12.2. The molecule has 0 heterocycles. The topological polar surface area (TPSA) is 38.4 Å². The smallest absolute Gasteiger partial charge is 0.384 e. The van der Waals surface area contributed by atoms with Crippen LogP contribution >= 0.6 is 0 Å². The Hall–Kier alpha value is -1.26. The number of alkyl halides is 3. The molecule has 0 atom stereocenters. The molecule has 0 fully saturated rings. The molecule has 0 amide bonds. The number of halogens is 3. The molecular formula is C9H13F3N2. The lowest BCUT2D eigenvalue weighted by Crippen LogP contribution is -2.21. The van der Waals surface area contributed by atoms with Crippen LogP contribution in [0.2, 0.25) is 0 Å². The Morgan fingerprint density at radius 2 is 2.00 bits per heavy atom. The van der Waals surface area contributed by atoms with E-state index >= 15 is 0 Å². The first kappa shape index (κ1) is 12.7. The van der Waals surface area contributed by atoms with Gasteiger partial charge in [0.2, 0.25) is 0 Å². The third kappa shape index (κ3) is 4.69. The highest BCUT2D eigenvalue weighted by atomic mass is 19.4. The van der Waals surface area contributed by atoms with Crippen LogP contribution in [0.15, 0.2) is 29.0 Å². The predicted octanol–water partition coefficient (Wildman–Crippen LogP) is 2.78. The predicted molar refractivity (Wildman–Crippen MR) is 50.9 cm³/mol. The molecule has 80 valence electrons. The Balaban J connectivity index is 4.92. The fourth-order valence-electron chi connectivity index (χ4n) is 0.747. The van der Waals surface area contributed by atoms with E-state index in [1.807, 2.05) is 0 Å². The molecule has 0 aromatic carbocycles. The van der Waals surface area contributed by atoms with Gasteiger partial charge in [0.1, 0.15) is 11.5 Å². The lowest BCUT2D eigenvalue weighted by Gasteiger charge is -2.05. The van der Waals surface area contributed by atoms with Crippen molar-refractivity contribution in [2.75, 3.05) is 0 Å². The van der Waals surface area contributed by atoms with Gasteiger partial charge >= 0.3 is 6.18 Å². The summed E-state index contributed by atoms with van der Waals surface area (Å²) in [5.41, 5.74) is 4.27. The number of allylic oxidation sites excluding steroid dienone is 3. The highest BCUT2D eigenvalue weighted by molar-refractivity contribution is 5.99. The summed E-state index contributed by atoms with van der Waals surface area (Å²) in [5.74, 6) is -0.113. The van der Waals surface area contributed by atoms with Crippen molar-refractivity contribution in [3.05, 3.63) is 24.0 Å². The van der Waals surface area contributed by atoms with E-state index in [0.717, 1.165) is 6.08 Å². The van der Waals surface area contributed by atoms with E-state index in [1.54, 1.807) is 6.92 Å². The molecular weight excluding hydrogens is 193 g/mol. The SMILES string of the molecule is C\C=C/C(=N\C(N)=C\CC)C(F)(F)F. The van der Waals surface area contributed by atoms with Gasteiger partial charge in [-0.25, -0.2) is 4.99 Å². The van der Waals surface area contributed by atoms with Crippen LogP contribution in [0.1, 0.15) is 20.3 Å². The molecule has 0 saturated carbocycles. The fraction of sp³-hybridized carbons (Fsp3) is 0.444. The molecule has 0 rings (SSSR count). The monoisotopic (exact) mass is 206 g/mol. The Morgan fingerprint density at radius 3 is 2.36 bits per heavy atom. The third-order valence-corrected chi connectivity index (χ3v) is 1.28. The summed E-state index contributed by atoms with van der Waals surface area (Å²) in [6.45, 7) is 3.26. The molecule has 0 aliphatic heterocycles. The van der Waals surface area contributed by atoms with Crippen molar-refractivity contribution in [2.24, 2.45) is 10.7 Å². The number of nitrogens with zero attached hydrogens (tertiary/aromatic N) is 1. The second-order valence-corrected chi connectivity index (χ2v) is 2.53. The second-order valence-electron chi connectivity index (χ2n) is 2.53. The molecule has 5 heteroatoms. The highest BCUT2D eigenvalue weighted by Gasteiger charge is 2.33. The molecule has 0 saturated heterocycles. The van der Waals surface area contributed by atoms with Gasteiger partial charge in [0.05, 0.1) is 0 Å². The maximum atomic E-state index is 12.2. The van der Waals surface area contributed by atoms with Gasteiger partial charge in [0.25, 0.3) is 0 Å². The number of rotatable bonds is 3. The summed E-state index contributed by atoms with van der Waals surface area (Å²) < 4.78 is 36.7. The Morgan fingerprint density at radius 1 is 1.43 bits per heavy atom. The van der Waals surface area contributed by atoms with Crippen LogP contribution < -0.4 is 5.73 Å². The van der Waals surface area contributed by atoms with Gasteiger partial charge in [-0.3, -0.25) is 0 Å². The van der Waals surface area contributed by atoms with E-state index in [2.05, 4.69) is 4.99 Å². The van der Waals surface area contributed by atoms with E-state index in [9.17, 15) is 13.2 Å².